The van der Waals surface area contributed by atoms with Crippen LogP contribution in [-0.2, 0) is 19.2 Å². The van der Waals surface area contributed by atoms with Crippen LogP contribution in [0.1, 0.15) is 117 Å². The molecule has 0 N–H and O–H groups in total. The Labute approximate surface area is 214 Å². The van der Waals surface area contributed by atoms with Gasteiger partial charge in [0.15, 0.2) is 11.6 Å². The van der Waals surface area contributed by atoms with Crippen molar-refractivity contribution in [2.24, 2.45) is 32.5 Å². The number of hydrogen-bond acceptors (Lipinski definition) is 4. The number of hydrogen-bond donors (Lipinski definition) is 0. The Morgan fingerprint density at radius 3 is 1.36 bits per heavy atom. The molecule has 0 amide bonds. The zero-order valence-corrected chi connectivity index (χ0v) is 22.1. The largest absolute Gasteiger partial charge is 0.299 e. The zero-order valence-electron chi connectivity index (χ0n) is 22.1. The van der Waals surface area contributed by atoms with E-state index in [-0.39, 0.29) is 44.1 Å². The monoisotopic (exact) mass is 488 g/mol. The molecule has 8 aliphatic rings. The molecule has 6 atom stereocenters. The van der Waals surface area contributed by atoms with Crippen LogP contribution in [-0.4, -0.2) is 23.1 Å². The predicted molar refractivity (Wildman–Crippen MR) is 136 cm³/mol. The Kier molecular flexibility index (Phi) is 4.51. The van der Waals surface area contributed by atoms with Crippen LogP contribution >= 0.6 is 0 Å². The lowest BCUT2D eigenvalue weighted by molar-refractivity contribution is -0.147. The SMILES string of the molecule is C[C@@]12CCCC(=O)[C@@]13CCC1=CC(=O)C[C@@]13CC2.C[C@@]12CCCC(=O)[C@@]13CCC1=CC(=O)C[C@@]13CC2. The van der Waals surface area contributed by atoms with E-state index in [4.69, 9.17) is 0 Å². The molecule has 6 fully saturated rings. The van der Waals surface area contributed by atoms with Gasteiger partial charge >= 0.3 is 0 Å². The summed E-state index contributed by atoms with van der Waals surface area (Å²) in [5.41, 5.74) is 2.56. The second kappa shape index (κ2) is 6.97. The van der Waals surface area contributed by atoms with Crippen molar-refractivity contribution >= 4 is 23.1 Å². The van der Waals surface area contributed by atoms with Crippen LogP contribution in [0.5, 0.6) is 0 Å². The highest BCUT2D eigenvalue weighted by atomic mass is 16.1. The Hall–Kier alpha value is -1.84. The lowest BCUT2D eigenvalue weighted by Gasteiger charge is -2.50. The van der Waals surface area contributed by atoms with Gasteiger partial charge in [0.05, 0.1) is 0 Å². The minimum atomic E-state index is -0.170. The lowest BCUT2D eigenvalue weighted by atomic mass is 9.51. The molecule has 0 aliphatic heterocycles. The molecule has 4 spiro atoms. The van der Waals surface area contributed by atoms with Crippen molar-refractivity contribution in [2.45, 2.75) is 117 Å². The first-order valence-electron chi connectivity index (χ1n) is 14.6. The molecule has 0 radical (unpaired) electrons. The van der Waals surface area contributed by atoms with E-state index in [0.29, 0.717) is 24.4 Å². The minimum absolute atomic E-state index is 0.0453. The number of Topliss-reactive ketones (excluding diaryl/α,β-unsaturated/α-hetero) is 2. The van der Waals surface area contributed by atoms with Gasteiger partial charge in [-0.25, -0.2) is 0 Å². The number of carbonyl (C=O) groups excluding carboxylic acids is 4. The second-order valence-corrected chi connectivity index (χ2v) is 14.3. The van der Waals surface area contributed by atoms with Crippen molar-refractivity contribution in [3.05, 3.63) is 23.3 Å². The van der Waals surface area contributed by atoms with Crippen LogP contribution in [0, 0.1) is 32.5 Å². The normalized spacial score (nSPS) is 49.9. The summed E-state index contributed by atoms with van der Waals surface area (Å²) < 4.78 is 0. The summed E-state index contributed by atoms with van der Waals surface area (Å²) in [6.07, 6.45) is 19.4. The first-order chi connectivity index (χ1) is 17.1. The molecule has 8 rings (SSSR count). The second-order valence-electron chi connectivity index (χ2n) is 14.3. The molecule has 0 unspecified atom stereocenters. The fourth-order valence-corrected chi connectivity index (χ4v) is 12.1. The van der Waals surface area contributed by atoms with Crippen LogP contribution in [0.3, 0.4) is 0 Å². The van der Waals surface area contributed by atoms with E-state index < -0.39 is 0 Å². The average Bonchev–Trinajstić information content (AvgIpc) is 3.58. The highest BCUT2D eigenvalue weighted by Gasteiger charge is 2.75. The topological polar surface area (TPSA) is 68.3 Å². The van der Waals surface area contributed by atoms with E-state index in [1.807, 2.05) is 12.2 Å². The van der Waals surface area contributed by atoms with Gasteiger partial charge in [-0.15, -0.1) is 0 Å². The molecule has 0 saturated heterocycles. The third-order valence-electron chi connectivity index (χ3n) is 13.5. The summed E-state index contributed by atoms with van der Waals surface area (Å²) in [5, 5.41) is 0. The molecule has 4 heteroatoms. The van der Waals surface area contributed by atoms with E-state index in [2.05, 4.69) is 13.8 Å². The van der Waals surface area contributed by atoms with Crippen molar-refractivity contribution in [3.8, 4) is 0 Å². The van der Waals surface area contributed by atoms with E-state index >= 15 is 0 Å². The molecule has 6 saturated carbocycles. The smallest absolute Gasteiger partial charge is 0.156 e. The Bertz CT molecular complexity index is 1100. The van der Waals surface area contributed by atoms with E-state index in [1.165, 1.54) is 24.0 Å². The Balaban J connectivity index is 0.000000122. The van der Waals surface area contributed by atoms with Gasteiger partial charge in [-0.1, -0.05) is 25.0 Å². The summed E-state index contributed by atoms with van der Waals surface area (Å²) in [5.74, 6) is 1.50. The Morgan fingerprint density at radius 1 is 0.528 bits per heavy atom. The molecule has 8 aliphatic carbocycles. The number of ketones is 4. The van der Waals surface area contributed by atoms with Gasteiger partial charge in [0.25, 0.3) is 0 Å². The molecule has 0 aromatic carbocycles. The van der Waals surface area contributed by atoms with Gasteiger partial charge in [0.1, 0.15) is 11.6 Å². The van der Waals surface area contributed by atoms with Crippen LogP contribution in [0.25, 0.3) is 0 Å². The van der Waals surface area contributed by atoms with Gasteiger partial charge in [0, 0.05) is 47.3 Å². The molecular formula is C32H40O4. The molecule has 0 aromatic rings. The van der Waals surface area contributed by atoms with Crippen LogP contribution in [0.2, 0.25) is 0 Å². The molecule has 0 heterocycles. The molecule has 192 valence electrons. The van der Waals surface area contributed by atoms with E-state index in [0.717, 1.165) is 77.0 Å². The minimum Gasteiger partial charge on any atom is -0.299 e. The van der Waals surface area contributed by atoms with Crippen LogP contribution in [0.4, 0.5) is 0 Å². The Morgan fingerprint density at radius 2 is 0.944 bits per heavy atom. The van der Waals surface area contributed by atoms with Gasteiger partial charge in [-0.3, -0.25) is 19.2 Å². The first-order valence-corrected chi connectivity index (χ1v) is 14.6. The van der Waals surface area contributed by atoms with Crippen LogP contribution in [0.15, 0.2) is 23.3 Å². The maximum atomic E-state index is 12.8. The highest BCUT2D eigenvalue weighted by Crippen LogP contribution is 2.79. The number of allylic oxidation sites excluding steroid dienone is 4. The standard InChI is InChI=1S/2C16H20O2/c2*1-14-5-2-3-13(18)16(14)6-4-11-9-12(17)10-15(11,16)8-7-14/h2*9H,2-8,10H2,1H3/t2*14-,15-,16-/m00/s1. The molecular weight excluding hydrogens is 448 g/mol. The third-order valence-corrected chi connectivity index (χ3v) is 13.5. The predicted octanol–water partition coefficient (Wildman–Crippen LogP) is 6.41. The van der Waals surface area contributed by atoms with E-state index in [9.17, 15) is 19.2 Å². The van der Waals surface area contributed by atoms with Gasteiger partial charge < -0.3 is 0 Å². The van der Waals surface area contributed by atoms with Crippen molar-refractivity contribution in [1.82, 2.24) is 0 Å². The highest BCUT2D eigenvalue weighted by molar-refractivity contribution is 6.00. The number of rotatable bonds is 0. The quantitative estimate of drug-likeness (QED) is 0.395. The van der Waals surface area contributed by atoms with Crippen molar-refractivity contribution in [2.75, 3.05) is 0 Å². The molecule has 36 heavy (non-hydrogen) atoms. The fraction of sp³-hybridized carbons (Fsp3) is 0.750. The summed E-state index contributed by atoms with van der Waals surface area (Å²) >= 11 is 0. The molecule has 0 aromatic heterocycles. The third kappa shape index (κ3) is 2.31. The maximum Gasteiger partial charge on any atom is 0.156 e. The van der Waals surface area contributed by atoms with Gasteiger partial charge in [-0.2, -0.15) is 0 Å². The maximum absolute atomic E-state index is 12.8. The number of carbonyl (C=O) groups is 4. The summed E-state index contributed by atoms with van der Waals surface area (Å²) in [6.45, 7) is 4.65. The lowest BCUT2D eigenvalue weighted by Crippen LogP contribution is -2.51. The zero-order chi connectivity index (χ0) is 25.2. The van der Waals surface area contributed by atoms with Crippen molar-refractivity contribution in [1.29, 1.82) is 0 Å². The average molecular weight is 489 g/mol. The first kappa shape index (κ1) is 23.3. The van der Waals surface area contributed by atoms with Crippen molar-refractivity contribution in [3.63, 3.8) is 0 Å². The van der Waals surface area contributed by atoms with Crippen LogP contribution < -0.4 is 0 Å². The summed E-state index contributed by atoms with van der Waals surface area (Å²) in [7, 11) is 0. The summed E-state index contributed by atoms with van der Waals surface area (Å²) in [6, 6.07) is 0. The van der Waals surface area contributed by atoms with Gasteiger partial charge in [-0.05, 0) is 100 Å². The van der Waals surface area contributed by atoms with E-state index in [1.54, 1.807) is 0 Å². The van der Waals surface area contributed by atoms with Crippen molar-refractivity contribution < 1.29 is 19.2 Å². The molecule has 0 bridgehead atoms. The molecule has 4 nitrogen and oxygen atoms in total. The fourth-order valence-electron chi connectivity index (χ4n) is 12.1. The van der Waals surface area contributed by atoms with Gasteiger partial charge in [0.2, 0.25) is 0 Å². The summed E-state index contributed by atoms with van der Waals surface area (Å²) in [4.78, 5) is 49.4.